The minimum absolute atomic E-state index is 0.200. The molecule has 1 fully saturated rings. The number of aliphatic carboxylic acids is 1. The normalized spacial score (nSPS) is 22.4. The summed E-state index contributed by atoms with van der Waals surface area (Å²) in [6, 6.07) is 7.50. The van der Waals surface area contributed by atoms with Crippen molar-refractivity contribution in [3.63, 3.8) is 0 Å². The highest BCUT2D eigenvalue weighted by atomic mass is 16.5. The Morgan fingerprint density at radius 1 is 1.33 bits per heavy atom. The summed E-state index contributed by atoms with van der Waals surface area (Å²) < 4.78 is 5.40. The van der Waals surface area contributed by atoms with Gasteiger partial charge in [-0.15, -0.1) is 0 Å². The second kappa shape index (κ2) is 5.76. The van der Waals surface area contributed by atoms with Crippen LogP contribution in [0.4, 0.5) is 0 Å². The van der Waals surface area contributed by atoms with Crippen LogP contribution >= 0.6 is 0 Å². The van der Waals surface area contributed by atoms with Gasteiger partial charge in [0.05, 0.1) is 18.4 Å². The van der Waals surface area contributed by atoms with E-state index in [0.29, 0.717) is 13.2 Å². The van der Waals surface area contributed by atoms with Gasteiger partial charge < -0.3 is 15.2 Å². The van der Waals surface area contributed by atoms with E-state index < -0.39 is 23.2 Å². The summed E-state index contributed by atoms with van der Waals surface area (Å²) in [5.41, 5.74) is 0.461. The SMILES string of the molecule is CCOc1cccc(CNC(=O)C2C(C(=O)O)C2(C)C)c1. The van der Waals surface area contributed by atoms with E-state index in [0.717, 1.165) is 11.3 Å². The zero-order chi connectivity index (χ0) is 15.6. The van der Waals surface area contributed by atoms with E-state index in [1.165, 1.54) is 0 Å². The van der Waals surface area contributed by atoms with Crippen LogP contribution in [-0.2, 0) is 16.1 Å². The van der Waals surface area contributed by atoms with E-state index in [1.807, 2.05) is 45.0 Å². The quantitative estimate of drug-likeness (QED) is 0.841. The summed E-state index contributed by atoms with van der Waals surface area (Å²) in [7, 11) is 0. The number of hydrogen-bond donors (Lipinski definition) is 2. The summed E-state index contributed by atoms with van der Waals surface area (Å²) in [5, 5.41) is 11.9. The van der Waals surface area contributed by atoms with E-state index in [2.05, 4.69) is 5.32 Å². The molecule has 0 spiro atoms. The van der Waals surface area contributed by atoms with Crippen molar-refractivity contribution in [1.82, 2.24) is 5.32 Å². The van der Waals surface area contributed by atoms with Crippen molar-refractivity contribution in [2.75, 3.05) is 6.61 Å². The first-order valence-corrected chi connectivity index (χ1v) is 7.10. The number of carbonyl (C=O) groups excluding carboxylic acids is 1. The molecule has 1 amide bonds. The number of ether oxygens (including phenoxy) is 1. The number of rotatable bonds is 6. The lowest BCUT2D eigenvalue weighted by Crippen LogP contribution is -2.26. The van der Waals surface area contributed by atoms with Crippen LogP contribution in [0.3, 0.4) is 0 Å². The average Bonchev–Trinajstić information content (AvgIpc) is 3.00. The van der Waals surface area contributed by atoms with Crippen molar-refractivity contribution in [3.8, 4) is 5.75 Å². The molecule has 2 rings (SSSR count). The zero-order valence-corrected chi connectivity index (χ0v) is 12.6. The van der Waals surface area contributed by atoms with Gasteiger partial charge in [0.25, 0.3) is 0 Å². The molecule has 0 aliphatic heterocycles. The van der Waals surface area contributed by atoms with Crippen molar-refractivity contribution in [1.29, 1.82) is 0 Å². The number of nitrogens with one attached hydrogen (secondary N) is 1. The lowest BCUT2D eigenvalue weighted by Gasteiger charge is -2.08. The van der Waals surface area contributed by atoms with Crippen molar-refractivity contribution in [2.24, 2.45) is 17.3 Å². The first kappa shape index (κ1) is 15.4. The third kappa shape index (κ3) is 3.17. The van der Waals surface area contributed by atoms with Gasteiger partial charge >= 0.3 is 5.97 Å². The Bertz CT molecular complexity index is 553. The molecule has 0 saturated heterocycles. The number of carbonyl (C=O) groups is 2. The highest BCUT2D eigenvalue weighted by Gasteiger charge is 2.65. The van der Waals surface area contributed by atoms with Gasteiger partial charge in [0.1, 0.15) is 5.75 Å². The standard InChI is InChI=1S/C16H21NO4/c1-4-21-11-7-5-6-10(8-11)9-17-14(18)12-13(15(19)20)16(12,2)3/h5-8,12-13H,4,9H2,1-3H3,(H,17,18)(H,19,20). The molecule has 1 aromatic carbocycles. The Morgan fingerprint density at radius 3 is 2.62 bits per heavy atom. The first-order chi connectivity index (χ1) is 9.87. The molecule has 21 heavy (non-hydrogen) atoms. The molecule has 2 unspecified atom stereocenters. The van der Waals surface area contributed by atoms with Crippen LogP contribution < -0.4 is 10.1 Å². The molecule has 1 aliphatic carbocycles. The topological polar surface area (TPSA) is 75.6 Å². The fourth-order valence-electron chi connectivity index (χ4n) is 2.80. The van der Waals surface area contributed by atoms with Crippen molar-refractivity contribution in [2.45, 2.75) is 27.3 Å². The van der Waals surface area contributed by atoms with Gasteiger partial charge in [-0.25, -0.2) is 0 Å². The fraction of sp³-hybridized carbons (Fsp3) is 0.500. The Labute approximate surface area is 124 Å². The predicted molar refractivity (Wildman–Crippen MR) is 77.9 cm³/mol. The van der Waals surface area contributed by atoms with Crippen molar-refractivity contribution >= 4 is 11.9 Å². The molecule has 0 aromatic heterocycles. The summed E-state index contributed by atoms with van der Waals surface area (Å²) >= 11 is 0. The Morgan fingerprint density at radius 2 is 2.05 bits per heavy atom. The van der Waals surface area contributed by atoms with Crippen LogP contribution in [0.5, 0.6) is 5.75 Å². The van der Waals surface area contributed by atoms with Gasteiger partial charge in [-0.2, -0.15) is 0 Å². The Kier molecular flexibility index (Phi) is 4.21. The number of benzene rings is 1. The Balaban J connectivity index is 1.93. The van der Waals surface area contributed by atoms with Gasteiger partial charge in [-0.1, -0.05) is 26.0 Å². The van der Waals surface area contributed by atoms with E-state index in [-0.39, 0.29) is 5.91 Å². The van der Waals surface area contributed by atoms with Crippen LogP contribution in [0.2, 0.25) is 0 Å². The van der Waals surface area contributed by atoms with Gasteiger partial charge in [0.2, 0.25) is 5.91 Å². The molecule has 0 bridgehead atoms. The summed E-state index contributed by atoms with van der Waals surface area (Å²) in [6.07, 6.45) is 0. The minimum Gasteiger partial charge on any atom is -0.494 e. The van der Waals surface area contributed by atoms with Crippen LogP contribution in [0.15, 0.2) is 24.3 Å². The lowest BCUT2D eigenvalue weighted by molar-refractivity contribution is -0.140. The molecule has 1 aliphatic rings. The van der Waals surface area contributed by atoms with E-state index in [4.69, 9.17) is 9.84 Å². The second-order valence-electron chi connectivity index (χ2n) is 5.91. The van der Waals surface area contributed by atoms with Crippen LogP contribution in [0, 0.1) is 17.3 Å². The third-order valence-corrected chi connectivity index (χ3v) is 4.05. The zero-order valence-electron chi connectivity index (χ0n) is 12.6. The van der Waals surface area contributed by atoms with Gasteiger partial charge in [-0.05, 0) is 30.0 Å². The molecule has 2 N–H and O–H groups in total. The molecule has 5 nitrogen and oxygen atoms in total. The van der Waals surface area contributed by atoms with Crippen LogP contribution in [0.1, 0.15) is 26.3 Å². The largest absolute Gasteiger partial charge is 0.494 e. The van der Waals surface area contributed by atoms with Crippen molar-refractivity contribution in [3.05, 3.63) is 29.8 Å². The van der Waals surface area contributed by atoms with E-state index in [9.17, 15) is 9.59 Å². The second-order valence-corrected chi connectivity index (χ2v) is 5.91. The molecule has 114 valence electrons. The number of carboxylic acids is 1. The molecule has 0 radical (unpaired) electrons. The first-order valence-electron chi connectivity index (χ1n) is 7.10. The summed E-state index contributed by atoms with van der Waals surface area (Å²) in [5.74, 6) is -1.38. The molecular formula is C16H21NO4. The number of hydrogen-bond acceptors (Lipinski definition) is 3. The number of carboxylic acid groups (broad SMARTS) is 1. The predicted octanol–water partition coefficient (Wildman–Crippen LogP) is 2.06. The maximum Gasteiger partial charge on any atom is 0.307 e. The average molecular weight is 291 g/mol. The minimum atomic E-state index is -0.904. The van der Waals surface area contributed by atoms with Crippen LogP contribution in [0.25, 0.3) is 0 Å². The lowest BCUT2D eigenvalue weighted by atomic mass is 10.1. The molecule has 5 heteroatoms. The third-order valence-electron chi connectivity index (χ3n) is 4.05. The number of amides is 1. The fourth-order valence-corrected chi connectivity index (χ4v) is 2.80. The maximum atomic E-state index is 12.1. The highest BCUT2D eigenvalue weighted by Crippen LogP contribution is 2.58. The van der Waals surface area contributed by atoms with Gasteiger partial charge in [0.15, 0.2) is 0 Å². The molecular weight excluding hydrogens is 270 g/mol. The highest BCUT2D eigenvalue weighted by molar-refractivity contribution is 5.91. The van der Waals surface area contributed by atoms with E-state index in [1.54, 1.807) is 0 Å². The smallest absolute Gasteiger partial charge is 0.307 e. The van der Waals surface area contributed by atoms with Gasteiger partial charge in [0, 0.05) is 6.54 Å². The monoisotopic (exact) mass is 291 g/mol. The van der Waals surface area contributed by atoms with Crippen LogP contribution in [-0.4, -0.2) is 23.6 Å². The Hall–Kier alpha value is -2.04. The van der Waals surface area contributed by atoms with E-state index >= 15 is 0 Å². The summed E-state index contributed by atoms with van der Waals surface area (Å²) in [4.78, 5) is 23.2. The summed E-state index contributed by atoms with van der Waals surface area (Å²) in [6.45, 7) is 6.50. The molecule has 1 aromatic rings. The molecule has 2 atom stereocenters. The van der Waals surface area contributed by atoms with Gasteiger partial charge in [-0.3, -0.25) is 9.59 Å². The maximum absolute atomic E-state index is 12.1. The molecule has 1 saturated carbocycles. The molecule has 0 heterocycles. The van der Waals surface area contributed by atoms with Crippen molar-refractivity contribution < 1.29 is 19.4 Å².